The molecule has 0 atom stereocenters. The topological polar surface area (TPSA) is 121 Å². The first-order valence-electron chi connectivity index (χ1n) is 17.8. The number of unbranched alkanes of at least 4 members (excludes halogenated alkanes) is 1. The lowest BCUT2D eigenvalue weighted by Crippen LogP contribution is -2.36. The molecule has 10 nitrogen and oxygen atoms in total. The van der Waals surface area contributed by atoms with Gasteiger partial charge in [0, 0.05) is 37.1 Å². The molecule has 3 N–H and O–H groups in total. The molecular weight excluding hydrogens is 659 g/mol. The van der Waals surface area contributed by atoms with Crippen LogP contribution in [0.15, 0.2) is 97.3 Å². The van der Waals surface area contributed by atoms with E-state index in [1.165, 1.54) is 11.3 Å². The van der Waals surface area contributed by atoms with Gasteiger partial charge in [-0.1, -0.05) is 79.0 Å². The average Bonchev–Trinajstić information content (AvgIpc) is 3.52. The fraction of sp³-hybridized carbons (Fsp3) is 0.375. The van der Waals surface area contributed by atoms with Gasteiger partial charge in [-0.2, -0.15) is 0 Å². The van der Waals surface area contributed by atoms with Crippen molar-refractivity contribution >= 4 is 45.6 Å². The van der Waals surface area contributed by atoms with E-state index in [4.69, 9.17) is 4.74 Å². The average molecular weight is 710 g/mol. The van der Waals surface area contributed by atoms with Crippen molar-refractivity contribution in [3.63, 3.8) is 0 Å². The van der Waals surface area contributed by atoms with Gasteiger partial charge in [-0.05, 0) is 82.2 Å². The van der Waals surface area contributed by atoms with Crippen molar-refractivity contribution in [2.45, 2.75) is 65.2 Å². The Balaban J connectivity index is 1.10. The van der Waals surface area contributed by atoms with E-state index < -0.39 is 0 Å². The number of nitrogens with one attached hydrogen (secondary N) is 3. The summed E-state index contributed by atoms with van der Waals surface area (Å²) >= 11 is 1.33. The highest BCUT2D eigenvalue weighted by molar-refractivity contribution is 7.19. The molecule has 2 aromatic heterocycles. The van der Waals surface area contributed by atoms with E-state index in [9.17, 15) is 9.59 Å². The molecule has 0 spiro atoms. The molecule has 0 saturated carbocycles. The Hall–Kier alpha value is -4.87. The summed E-state index contributed by atoms with van der Waals surface area (Å²) in [5.41, 5.74) is 3.49. The number of benzene rings is 1. The number of thiazole rings is 1. The lowest BCUT2D eigenvalue weighted by Gasteiger charge is -2.28. The van der Waals surface area contributed by atoms with Crippen molar-refractivity contribution < 1.29 is 14.3 Å². The number of aryl methyl sites for hydroxylation is 1. The Morgan fingerprint density at radius 2 is 1.49 bits per heavy atom. The number of hydrogen-bond acceptors (Lipinski definition) is 9. The molecule has 3 heterocycles. The number of carbonyl (C=O) groups excluding carboxylic acids is 2. The van der Waals surface area contributed by atoms with E-state index in [1.807, 2.05) is 25.1 Å². The van der Waals surface area contributed by atoms with E-state index in [-0.39, 0.29) is 18.4 Å². The molecule has 4 rings (SSSR count). The summed E-state index contributed by atoms with van der Waals surface area (Å²) in [5, 5.41) is 9.22. The van der Waals surface area contributed by atoms with Gasteiger partial charge in [0.2, 0.25) is 17.8 Å². The molecule has 1 saturated heterocycles. The summed E-state index contributed by atoms with van der Waals surface area (Å²) < 4.78 is 5.45. The van der Waals surface area contributed by atoms with Crippen LogP contribution in [0.25, 0.3) is 10.6 Å². The van der Waals surface area contributed by atoms with Crippen molar-refractivity contribution in [1.82, 2.24) is 20.3 Å². The first-order chi connectivity index (χ1) is 25.0. The van der Waals surface area contributed by atoms with Gasteiger partial charge < -0.3 is 25.6 Å². The number of amides is 2. The van der Waals surface area contributed by atoms with Crippen LogP contribution in [0.3, 0.4) is 0 Å². The highest BCUT2D eigenvalue weighted by Crippen LogP contribution is 2.32. The molecule has 1 aliphatic heterocycles. The van der Waals surface area contributed by atoms with Gasteiger partial charge >= 0.3 is 0 Å². The zero-order valence-corrected chi connectivity index (χ0v) is 30.7. The number of ether oxygens (including phenoxy) is 1. The van der Waals surface area contributed by atoms with Crippen LogP contribution in [-0.2, 0) is 14.3 Å². The Morgan fingerprint density at radius 1 is 0.843 bits per heavy atom. The first-order valence-corrected chi connectivity index (χ1v) is 18.7. The third-order valence-electron chi connectivity index (χ3n) is 7.81. The number of morpholine rings is 1. The minimum Gasteiger partial charge on any atom is -0.378 e. The molecule has 11 heteroatoms. The summed E-state index contributed by atoms with van der Waals surface area (Å²) in [7, 11) is 0. The number of nitrogens with zero attached hydrogens (tertiary/aromatic N) is 4. The summed E-state index contributed by atoms with van der Waals surface area (Å²) in [5.74, 6) is -0.00799. The van der Waals surface area contributed by atoms with Crippen molar-refractivity contribution in [3.05, 3.63) is 103 Å². The maximum atomic E-state index is 12.6. The second-order valence-electron chi connectivity index (χ2n) is 11.9. The third kappa shape index (κ3) is 14.9. The van der Waals surface area contributed by atoms with Gasteiger partial charge in [0.15, 0.2) is 5.13 Å². The normalized spacial score (nSPS) is 13.7. The largest absolute Gasteiger partial charge is 0.378 e. The van der Waals surface area contributed by atoms with Gasteiger partial charge in [0.25, 0.3) is 0 Å². The molecule has 0 aliphatic carbocycles. The van der Waals surface area contributed by atoms with Gasteiger partial charge in [-0.3, -0.25) is 9.59 Å². The molecule has 0 unspecified atom stereocenters. The molecular formula is C40H51N7O3S. The number of allylic oxidation sites excluding steroid dienone is 10. The molecule has 1 fully saturated rings. The molecule has 1 aliphatic rings. The third-order valence-corrected chi connectivity index (χ3v) is 8.90. The standard InChI is InChI=1S/C40H51N7O3S/c1-3-4-5-6-7-8-9-10-11-12-13-14-15-16-17-18-19-20-36(48)42-31-37(49)46-40-43-32(2)38(51-40)35-25-26-41-39(45-35)44-33-21-23-34(24-22-33)47-27-29-50-30-28-47/h4-5,7-8,10-11,13-14,16-17,21-26H,3,6,9,12,15,18-20,27-31H2,1-2H3,(H,42,48)(H,41,44,45)(H,43,46,49). The Labute approximate surface area is 306 Å². The van der Waals surface area contributed by atoms with Crippen LogP contribution in [0.4, 0.5) is 22.5 Å². The molecule has 0 radical (unpaired) electrons. The van der Waals surface area contributed by atoms with E-state index in [0.29, 0.717) is 23.2 Å². The number of anilines is 4. The number of carbonyl (C=O) groups is 2. The fourth-order valence-electron chi connectivity index (χ4n) is 5.12. The lowest BCUT2D eigenvalue weighted by molar-refractivity contribution is -0.124. The molecule has 0 bridgehead atoms. The van der Waals surface area contributed by atoms with Gasteiger partial charge in [0.1, 0.15) is 0 Å². The van der Waals surface area contributed by atoms with Crippen molar-refractivity contribution in [2.24, 2.45) is 0 Å². The summed E-state index contributed by atoms with van der Waals surface area (Å²) in [6, 6.07) is 10.00. The molecule has 3 aromatic rings. The van der Waals surface area contributed by atoms with Gasteiger partial charge in [0.05, 0.1) is 36.0 Å². The van der Waals surface area contributed by atoms with Crippen LogP contribution in [0, 0.1) is 6.92 Å². The van der Waals surface area contributed by atoms with Gasteiger partial charge in [-0.15, -0.1) is 0 Å². The second kappa shape index (κ2) is 22.8. The number of hydrogen-bond donors (Lipinski definition) is 3. The lowest BCUT2D eigenvalue weighted by atomic mass is 10.2. The van der Waals surface area contributed by atoms with Crippen molar-refractivity contribution in [1.29, 1.82) is 0 Å². The van der Waals surface area contributed by atoms with Crippen LogP contribution in [-0.4, -0.2) is 59.6 Å². The highest BCUT2D eigenvalue weighted by atomic mass is 32.1. The van der Waals surface area contributed by atoms with Crippen molar-refractivity contribution in [2.75, 3.05) is 48.4 Å². The summed E-state index contributed by atoms with van der Waals surface area (Å²) in [4.78, 5) is 41.5. The first kappa shape index (κ1) is 38.9. The molecule has 1 aromatic carbocycles. The van der Waals surface area contributed by atoms with E-state index in [1.54, 1.807) is 6.20 Å². The van der Waals surface area contributed by atoms with Crippen LogP contribution < -0.4 is 20.9 Å². The highest BCUT2D eigenvalue weighted by Gasteiger charge is 2.15. The maximum Gasteiger partial charge on any atom is 0.245 e. The van der Waals surface area contributed by atoms with E-state index >= 15 is 0 Å². The summed E-state index contributed by atoms with van der Waals surface area (Å²) in [6.07, 6.45) is 30.1. The number of rotatable bonds is 20. The smallest absolute Gasteiger partial charge is 0.245 e. The zero-order valence-electron chi connectivity index (χ0n) is 29.9. The van der Waals surface area contributed by atoms with E-state index in [0.717, 1.165) is 93.2 Å². The maximum absolute atomic E-state index is 12.6. The molecule has 270 valence electrons. The Morgan fingerprint density at radius 3 is 2.16 bits per heavy atom. The zero-order chi connectivity index (χ0) is 35.9. The van der Waals surface area contributed by atoms with Crippen molar-refractivity contribution in [3.8, 4) is 10.6 Å². The van der Waals surface area contributed by atoms with Crippen LogP contribution in [0.5, 0.6) is 0 Å². The monoisotopic (exact) mass is 709 g/mol. The quantitative estimate of drug-likeness (QED) is 0.0790. The molecule has 2 amide bonds. The predicted octanol–water partition coefficient (Wildman–Crippen LogP) is 8.47. The predicted molar refractivity (Wildman–Crippen MR) is 211 cm³/mol. The van der Waals surface area contributed by atoms with Crippen LogP contribution in [0.2, 0.25) is 0 Å². The Kier molecular flexibility index (Phi) is 17.4. The minimum atomic E-state index is -0.327. The second-order valence-corrected chi connectivity index (χ2v) is 12.9. The van der Waals surface area contributed by atoms with Crippen LogP contribution in [0.1, 0.15) is 64.0 Å². The van der Waals surface area contributed by atoms with Gasteiger partial charge in [-0.25, -0.2) is 15.0 Å². The Bertz CT molecular complexity index is 1650. The van der Waals surface area contributed by atoms with E-state index in [2.05, 4.69) is 116 Å². The van der Waals surface area contributed by atoms with Crippen LogP contribution >= 0.6 is 11.3 Å². The molecule has 51 heavy (non-hydrogen) atoms. The fourth-order valence-corrected chi connectivity index (χ4v) is 6.07. The number of aromatic nitrogens is 3. The SMILES string of the molecule is CCC=CCC=CCC=CCC=CCC=CCCCC(=O)NCC(=O)Nc1nc(C)c(-c2ccnc(Nc3ccc(N4CCOCC4)cc3)n2)s1. The minimum absolute atomic E-state index is 0.111. The summed E-state index contributed by atoms with van der Waals surface area (Å²) in [6.45, 7) is 7.16.